The molecule has 1 N–H and O–H groups in total. The normalized spacial score (nSPS) is 17.4. The van der Waals surface area contributed by atoms with Gasteiger partial charge in [-0.1, -0.05) is 60.7 Å². The van der Waals surface area contributed by atoms with E-state index in [4.69, 9.17) is 9.47 Å². The number of rotatable bonds is 17. The lowest BCUT2D eigenvalue weighted by molar-refractivity contribution is -0.126. The molecule has 1 aliphatic carbocycles. The van der Waals surface area contributed by atoms with Crippen LogP contribution >= 0.6 is 0 Å². The Balaban J connectivity index is 1.26. The lowest BCUT2D eigenvalue weighted by atomic mass is 9.76. The molecule has 8 nitrogen and oxygen atoms in total. The quantitative estimate of drug-likeness (QED) is 0.169. The summed E-state index contributed by atoms with van der Waals surface area (Å²) in [6.07, 6.45) is 6.81. The molecule has 0 heterocycles. The van der Waals surface area contributed by atoms with Crippen LogP contribution in [-0.4, -0.2) is 77.1 Å². The largest absolute Gasteiger partial charge is 0.496 e. The van der Waals surface area contributed by atoms with Crippen LogP contribution in [-0.2, 0) is 32.5 Å². The molecule has 1 unspecified atom stereocenters. The molecular formula is C39H55N3O5S. The van der Waals surface area contributed by atoms with E-state index >= 15 is 0 Å². The van der Waals surface area contributed by atoms with Crippen LogP contribution < -0.4 is 10.1 Å². The van der Waals surface area contributed by atoms with E-state index in [1.165, 1.54) is 22.7 Å². The van der Waals surface area contributed by atoms with Crippen molar-refractivity contribution in [3.8, 4) is 5.75 Å². The molecule has 262 valence electrons. The number of hydrogen-bond donors (Lipinski definition) is 1. The molecule has 0 aliphatic heterocycles. The Morgan fingerprint density at radius 3 is 2.15 bits per heavy atom. The molecule has 0 aromatic heterocycles. The van der Waals surface area contributed by atoms with E-state index < -0.39 is 10.0 Å². The van der Waals surface area contributed by atoms with Crippen molar-refractivity contribution in [1.82, 2.24) is 14.5 Å². The smallest absolute Gasteiger partial charge is 0.246 e. The zero-order valence-electron chi connectivity index (χ0n) is 29.7. The summed E-state index contributed by atoms with van der Waals surface area (Å²) in [6, 6.07) is 22.6. The maximum Gasteiger partial charge on any atom is 0.246 e. The zero-order valence-corrected chi connectivity index (χ0v) is 30.5. The number of carbonyl (C=O) groups excluding carboxylic acids is 1. The number of aryl methyl sites for hydroxylation is 2. The highest BCUT2D eigenvalue weighted by Crippen LogP contribution is 2.34. The number of sulfonamides is 1. The molecule has 3 aromatic carbocycles. The molecule has 1 aliphatic rings. The summed E-state index contributed by atoms with van der Waals surface area (Å²) in [7, 11) is 2.10. The highest BCUT2D eigenvalue weighted by Gasteiger charge is 2.31. The van der Waals surface area contributed by atoms with Gasteiger partial charge < -0.3 is 19.7 Å². The van der Waals surface area contributed by atoms with Gasteiger partial charge in [-0.2, -0.15) is 4.31 Å². The van der Waals surface area contributed by atoms with Crippen molar-refractivity contribution in [3.63, 3.8) is 0 Å². The van der Waals surface area contributed by atoms with E-state index in [0.717, 1.165) is 36.8 Å². The van der Waals surface area contributed by atoms with Gasteiger partial charge in [-0.15, -0.1) is 0 Å². The maximum atomic E-state index is 14.1. The summed E-state index contributed by atoms with van der Waals surface area (Å²) in [6.45, 7) is 6.46. The van der Waals surface area contributed by atoms with Crippen molar-refractivity contribution >= 4 is 15.9 Å². The minimum absolute atomic E-state index is 0.101. The van der Waals surface area contributed by atoms with E-state index in [-0.39, 0.29) is 37.1 Å². The average Bonchev–Trinajstić information content (AvgIpc) is 3.08. The molecule has 0 bridgehead atoms. The second-order valence-corrected chi connectivity index (χ2v) is 15.4. The first-order valence-corrected chi connectivity index (χ1v) is 18.7. The standard InChI is InChI=1S/C39H55N3O5S/c1-29-25-37(46-6)30(2)31(3)39(29)48(44,45)42(27-34-15-11-8-12-16-34)23-24-47-28-38(43)40-26-33-17-20-35(21-18-33)36(41(4)5)22-19-32-13-9-7-10-14-32/h7-16,25,33,35-36H,17-24,26-28H2,1-6H3,(H,40,43). The van der Waals surface area contributed by atoms with Crippen molar-refractivity contribution in [2.45, 2.75) is 76.8 Å². The number of amides is 1. The zero-order chi connectivity index (χ0) is 34.7. The van der Waals surface area contributed by atoms with Crippen molar-refractivity contribution in [2.75, 3.05) is 47.5 Å². The van der Waals surface area contributed by atoms with E-state index in [2.05, 4.69) is 54.6 Å². The third kappa shape index (κ3) is 10.1. The Kier molecular flexibility index (Phi) is 14.1. The summed E-state index contributed by atoms with van der Waals surface area (Å²) in [5, 5.41) is 3.06. The van der Waals surface area contributed by atoms with E-state index in [1.54, 1.807) is 20.1 Å². The molecule has 1 amide bonds. The Morgan fingerprint density at radius 1 is 0.917 bits per heavy atom. The van der Waals surface area contributed by atoms with Crippen molar-refractivity contribution in [1.29, 1.82) is 0 Å². The van der Waals surface area contributed by atoms with Gasteiger partial charge in [0.25, 0.3) is 0 Å². The van der Waals surface area contributed by atoms with Crippen molar-refractivity contribution in [2.24, 2.45) is 11.8 Å². The molecular weight excluding hydrogens is 623 g/mol. The first-order chi connectivity index (χ1) is 23.0. The predicted octanol–water partition coefficient (Wildman–Crippen LogP) is 6.31. The fourth-order valence-electron chi connectivity index (χ4n) is 7.12. The van der Waals surface area contributed by atoms with E-state index in [0.29, 0.717) is 41.3 Å². The summed E-state index contributed by atoms with van der Waals surface area (Å²) >= 11 is 0. The summed E-state index contributed by atoms with van der Waals surface area (Å²) in [4.78, 5) is 15.4. The summed E-state index contributed by atoms with van der Waals surface area (Å²) < 4.78 is 40.8. The van der Waals surface area contributed by atoms with Gasteiger partial charge in [-0.05, 0) is 119 Å². The topological polar surface area (TPSA) is 88.2 Å². The van der Waals surface area contributed by atoms with Crippen LogP contribution in [0.2, 0.25) is 0 Å². The number of benzene rings is 3. The predicted molar refractivity (Wildman–Crippen MR) is 193 cm³/mol. The summed E-state index contributed by atoms with van der Waals surface area (Å²) in [5.74, 6) is 1.63. The number of nitrogens with zero attached hydrogens (tertiary/aromatic N) is 2. The second-order valence-electron chi connectivity index (χ2n) is 13.5. The fraction of sp³-hybridized carbons (Fsp3) is 0.513. The van der Waals surface area contributed by atoms with Crippen LogP contribution in [0.5, 0.6) is 5.75 Å². The van der Waals surface area contributed by atoms with Crippen LogP contribution in [0.1, 0.15) is 59.9 Å². The number of methoxy groups -OCH3 is 1. The molecule has 1 atom stereocenters. The highest BCUT2D eigenvalue weighted by molar-refractivity contribution is 7.89. The molecule has 4 rings (SSSR count). The number of carbonyl (C=O) groups is 1. The third-order valence-corrected chi connectivity index (χ3v) is 12.1. The summed E-state index contributed by atoms with van der Waals surface area (Å²) in [5.41, 5.74) is 4.37. The first kappa shape index (κ1) is 37.6. The lowest BCUT2D eigenvalue weighted by Gasteiger charge is -2.37. The van der Waals surface area contributed by atoms with Gasteiger partial charge in [0.2, 0.25) is 15.9 Å². The van der Waals surface area contributed by atoms with Gasteiger partial charge in [-0.25, -0.2) is 8.42 Å². The molecule has 1 saturated carbocycles. The van der Waals surface area contributed by atoms with Crippen LogP contribution in [0.25, 0.3) is 0 Å². The monoisotopic (exact) mass is 677 g/mol. The van der Waals surface area contributed by atoms with Crippen LogP contribution in [0.4, 0.5) is 0 Å². The fourth-order valence-corrected chi connectivity index (χ4v) is 9.02. The minimum atomic E-state index is -3.87. The number of hydrogen-bond acceptors (Lipinski definition) is 6. The van der Waals surface area contributed by atoms with Gasteiger partial charge >= 0.3 is 0 Å². The SMILES string of the molecule is COc1cc(C)c(S(=O)(=O)N(CCOCC(=O)NCC2CCC(C(CCc3ccccc3)N(C)C)CC2)Cc2ccccc2)c(C)c1C. The minimum Gasteiger partial charge on any atom is -0.496 e. The van der Waals surface area contributed by atoms with Crippen molar-refractivity contribution < 1.29 is 22.7 Å². The number of ether oxygens (including phenoxy) is 2. The van der Waals surface area contributed by atoms with Crippen molar-refractivity contribution in [3.05, 3.63) is 94.5 Å². The van der Waals surface area contributed by atoms with E-state index in [1.807, 2.05) is 44.2 Å². The molecule has 0 radical (unpaired) electrons. The molecule has 48 heavy (non-hydrogen) atoms. The van der Waals surface area contributed by atoms with Gasteiger partial charge in [0, 0.05) is 25.7 Å². The van der Waals surface area contributed by atoms with Gasteiger partial charge in [0.15, 0.2) is 0 Å². The lowest BCUT2D eigenvalue weighted by Crippen LogP contribution is -2.40. The Morgan fingerprint density at radius 2 is 1.54 bits per heavy atom. The van der Waals surface area contributed by atoms with Crippen LogP contribution in [0.3, 0.4) is 0 Å². The third-order valence-electron chi connectivity index (χ3n) is 9.97. The Labute approximate surface area is 288 Å². The average molecular weight is 678 g/mol. The molecule has 0 spiro atoms. The maximum absolute atomic E-state index is 14.1. The first-order valence-electron chi connectivity index (χ1n) is 17.2. The van der Waals surface area contributed by atoms with Crippen LogP contribution in [0.15, 0.2) is 71.6 Å². The van der Waals surface area contributed by atoms with Gasteiger partial charge in [-0.3, -0.25) is 4.79 Å². The highest BCUT2D eigenvalue weighted by atomic mass is 32.2. The Bertz CT molecular complexity index is 1560. The second kappa shape index (κ2) is 18.0. The van der Waals surface area contributed by atoms with Crippen LogP contribution in [0, 0.1) is 32.6 Å². The van der Waals surface area contributed by atoms with Gasteiger partial charge in [0.05, 0.1) is 18.6 Å². The molecule has 9 heteroatoms. The van der Waals surface area contributed by atoms with Gasteiger partial charge in [0.1, 0.15) is 12.4 Å². The van der Waals surface area contributed by atoms with E-state index in [9.17, 15) is 13.2 Å². The molecule has 0 saturated heterocycles. The molecule has 3 aromatic rings. The number of nitrogens with one attached hydrogen (secondary N) is 1. The Hall–Kier alpha value is -3.24. The molecule has 1 fully saturated rings.